The molecule has 1 rings (SSSR count). The van der Waals surface area contributed by atoms with Gasteiger partial charge in [-0.05, 0) is 48.9 Å². The minimum atomic E-state index is -3.54. The van der Waals surface area contributed by atoms with E-state index < -0.39 is 10.0 Å². The number of hydrogen-bond donors (Lipinski definition) is 2. The van der Waals surface area contributed by atoms with Crippen molar-refractivity contribution in [2.45, 2.75) is 45.1 Å². The van der Waals surface area contributed by atoms with Gasteiger partial charge in [0, 0.05) is 11.0 Å². The Morgan fingerprint density at radius 2 is 2.00 bits per heavy atom. The van der Waals surface area contributed by atoms with Gasteiger partial charge in [0.2, 0.25) is 10.0 Å². The van der Waals surface area contributed by atoms with Crippen molar-refractivity contribution in [1.29, 1.82) is 0 Å². The van der Waals surface area contributed by atoms with Gasteiger partial charge in [-0.25, -0.2) is 13.1 Å². The van der Waals surface area contributed by atoms with E-state index in [2.05, 4.69) is 34.5 Å². The maximum Gasteiger partial charge on any atom is 0.240 e. The van der Waals surface area contributed by atoms with Crippen LogP contribution in [0, 0.1) is 12.8 Å². The fourth-order valence-electron chi connectivity index (χ4n) is 1.87. The van der Waals surface area contributed by atoms with Gasteiger partial charge in [0.05, 0.1) is 11.5 Å². The second-order valence-electron chi connectivity index (χ2n) is 5.29. The van der Waals surface area contributed by atoms with Crippen LogP contribution in [0.2, 0.25) is 0 Å². The van der Waals surface area contributed by atoms with Crippen molar-refractivity contribution in [2.75, 3.05) is 6.54 Å². The van der Waals surface area contributed by atoms with Crippen molar-refractivity contribution in [2.24, 2.45) is 5.92 Å². The van der Waals surface area contributed by atoms with E-state index in [1.165, 1.54) is 6.07 Å². The van der Waals surface area contributed by atoms with Crippen LogP contribution in [-0.2, 0) is 16.6 Å². The first-order valence-corrected chi connectivity index (χ1v) is 8.95. The van der Waals surface area contributed by atoms with Crippen molar-refractivity contribution in [3.63, 3.8) is 0 Å². The maximum absolute atomic E-state index is 12.3. The van der Waals surface area contributed by atoms with Gasteiger partial charge in [-0.15, -0.1) is 0 Å². The molecule has 0 aliphatic rings. The first kappa shape index (κ1) is 17.6. The van der Waals surface area contributed by atoms with Gasteiger partial charge in [0.1, 0.15) is 0 Å². The Morgan fingerprint density at radius 3 is 2.55 bits per heavy atom. The van der Waals surface area contributed by atoms with Crippen LogP contribution in [-0.4, -0.2) is 20.1 Å². The molecule has 4 nitrogen and oxygen atoms in total. The van der Waals surface area contributed by atoms with E-state index in [9.17, 15) is 13.5 Å². The second-order valence-corrected chi connectivity index (χ2v) is 7.88. The van der Waals surface area contributed by atoms with Crippen LogP contribution in [0.25, 0.3) is 0 Å². The minimum Gasteiger partial charge on any atom is -0.392 e. The molecule has 1 aromatic rings. The summed E-state index contributed by atoms with van der Waals surface area (Å²) in [5.41, 5.74) is 1.23. The van der Waals surface area contributed by atoms with Crippen molar-refractivity contribution >= 4 is 26.0 Å². The van der Waals surface area contributed by atoms with Crippen molar-refractivity contribution in [3.8, 4) is 0 Å². The Balaban J connectivity index is 2.89. The lowest BCUT2D eigenvalue weighted by atomic mass is 10.1. The highest BCUT2D eigenvalue weighted by atomic mass is 79.9. The normalized spacial score (nSPS) is 12.1. The summed E-state index contributed by atoms with van der Waals surface area (Å²) < 4.78 is 27.9. The van der Waals surface area contributed by atoms with Crippen molar-refractivity contribution in [1.82, 2.24) is 4.72 Å². The third-order valence-electron chi connectivity index (χ3n) is 3.08. The Bertz CT molecular complexity index is 556. The van der Waals surface area contributed by atoms with E-state index >= 15 is 0 Å². The molecule has 6 heteroatoms. The molecular weight excluding hydrogens is 342 g/mol. The first-order chi connectivity index (χ1) is 9.27. The predicted molar refractivity (Wildman–Crippen MR) is 84.1 cm³/mol. The molecule has 0 heterocycles. The van der Waals surface area contributed by atoms with Gasteiger partial charge >= 0.3 is 0 Å². The monoisotopic (exact) mass is 363 g/mol. The predicted octanol–water partition coefficient (Wildman–Crippen LogP) is 2.96. The molecule has 0 amide bonds. The molecule has 1 aromatic carbocycles. The standard InChI is InChI=1S/C14H22BrNO3S/c1-10(2)5-4-6-16-20(18,19)14-8-12(9-17)7-13(15)11(14)3/h7-8,10,16-17H,4-6,9H2,1-3H3. The number of hydrogen-bond acceptors (Lipinski definition) is 3. The van der Waals surface area contributed by atoms with Crippen molar-refractivity contribution < 1.29 is 13.5 Å². The van der Waals surface area contributed by atoms with Gasteiger partial charge in [-0.3, -0.25) is 0 Å². The van der Waals surface area contributed by atoms with Crippen LogP contribution >= 0.6 is 15.9 Å². The Kier molecular flexibility index (Phi) is 6.64. The van der Waals surface area contributed by atoms with Crippen LogP contribution in [0.15, 0.2) is 21.5 Å². The fraction of sp³-hybridized carbons (Fsp3) is 0.571. The molecule has 0 bridgehead atoms. The summed E-state index contributed by atoms with van der Waals surface area (Å²) >= 11 is 3.33. The number of rotatable bonds is 7. The number of sulfonamides is 1. The zero-order valence-corrected chi connectivity index (χ0v) is 14.5. The van der Waals surface area contributed by atoms with Gasteiger partial charge in [-0.2, -0.15) is 0 Å². The van der Waals surface area contributed by atoms with E-state index in [4.69, 9.17) is 0 Å². The van der Waals surface area contributed by atoms with Crippen LogP contribution in [0.3, 0.4) is 0 Å². The molecule has 0 radical (unpaired) electrons. The Labute approximate surface area is 129 Å². The van der Waals surface area contributed by atoms with Crippen LogP contribution < -0.4 is 4.72 Å². The average molecular weight is 364 g/mol. The van der Waals surface area contributed by atoms with E-state index in [0.29, 0.717) is 28.1 Å². The zero-order chi connectivity index (χ0) is 15.3. The summed E-state index contributed by atoms with van der Waals surface area (Å²) in [6.45, 7) is 6.21. The topological polar surface area (TPSA) is 66.4 Å². The Morgan fingerprint density at radius 1 is 1.35 bits per heavy atom. The van der Waals surface area contributed by atoms with Crippen LogP contribution in [0.4, 0.5) is 0 Å². The molecule has 0 saturated carbocycles. The minimum absolute atomic E-state index is 0.186. The van der Waals surface area contributed by atoms with E-state index in [1.54, 1.807) is 13.0 Å². The molecule has 2 N–H and O–H groups in total. The Hall–Kier alpha value is -0.430. The van der Waals surface area contributed by atoms with Crippen LogP contribution in [0.5, 0.6) is 0 Å². The molecule has 0 saturated heterocycles. The summed E-state index contributed by atoms with van der Waals surface area (Å²) in [6, 6.07) is 3.25. The van der Waals surface area contributed by atoms with E-state index in [0.717, 1.165) is 12.8 Å². The lowest BCUT2D eigenvalue weighted by Crippen LogP contribution is -2.26. The summed E-state index contributed by atoms with van der Waals surface area (Å²) in [7, 11) is -3.54. The maximum atomic E-state index is 12.3. The molecule has 0 aliphatic heterocycles. The highest BCUT2D eigenvalue weighted by Gasteiger charge is 2.18. The fourth-order valence-corrected chi connectivity index (χ4v) is 3.90. The third-order valence-corrected chi connectivity index (χ3v) is 5.49. The zero-order valence-electron chi connectivity index (χ0n) is 12.1. The quantitative estimate of drug-likeness (QED) is 0.731. The summed E-state index contributed by atoms with van der Waals surface area (Å²) in [4.78, 5) is 0.223. The van der Waals surface area contributed by atoms with Gasteiger partial charge in [-0.1, -0.05) is 29.8 Å². The molecule has 0 atom stereocenters. The number of halogens is 1. The molecule has 0 spiro atoms. The molecule has 114 valence electrons. The molecule has 0 unspecified atom stereocenters. The number of nitrogens with one attached hydrogen (secondary N) is 1. The number of aliphatic hydroxyl groups is 1. The summed E-state index contributed by atoms with van der Waals surface area (Å²) in [5, 5.41) is 9.18. The molecular formula is C14H22BrNO3S. The highest BCUT2D eigenvalue weighted by Crippen LogP contribution is 2.25. The lowest BCUT2D eigenvalue weighted by Gasteiger charge is -2.12. The highest BCUT2D eigenvalue weighted by molar-refractivity contribution is 9.10. The third kappa shape index (κ3) is 4.84. The largest absolute Gasteiger partial charge is 0.392 e. The lowest BCUT2D eigenvalue weighted by molar-refractivity contribution is 0.281. The first-order valence-electron chi connectivity index (χ1n) is 6.67. The van der Waals surface area contributed by atoms with Gasteiger partial charge in [0.15, 0.2) is 0 Å². The second kappa shape index (κ2) is 7.54. The average Bonchev–Trinajstić information content (AvgIpc) is 2.37. The number of aliphatic hydroxyl groups excluding tert-OH is 1. The molecule has 20 heavy (non-hydrogen) atoms. The van der Waals surface area contributed by atoms with Crippen LogP contribution in [0.1, 0.15) is 37.8 Å². The molecule has 0 aliphatic carbocycles. The van der Waals surface area contributed by atoms with Gasteiger partial charge in [0.25, 0.3) is 0 Å². The summed E-state index contributed by atoms with van der Waals surface area (Å²) in [5.74, 6) is 0.563. The smallest absolute Gasteiger partial charge is 0.240 e. The van der Waals surface area contributed by atoms with E-state index in [-0.39, 0.29) is 11.5 Å². The van der Waals surface area contributed by atoms with E-state index in [1.807, 2.05) is 0 Å². The van der Waals surface area contributed by atoms with Gasteiger partial charge < -0.3 is 5.11 Å². The van der Waals surface area contributed by atoms with Crippen molar-refractivity contribution in [3.05, 3.63) is 27.7 Å². The molecule has 0 aromatic heterocycles. The summed E-state index contributed by atoms with van der Waals surface area (Å²) in [6.07, 6.45) is 1.80. The number of benzene rings is 1. The SMILES string of the molecule is Cc1c(Br)cc(CO)cc1S(=O)(=O)NCCCC(C)C. The molecule has 0 fully saturated rings.